The molecule has 0 amide bonds. The number of hydrogen-bond acceptors (Lipinski definition) is 3. The van der Waals surface area contributed by atoms with Crippen LogP contribution < -0.4 is 0 Å². The minimum atomic E-state index is -4.39. The summed E-state index contributed by atoms with van der Waals surface area (Å²) in [6.45, 7) is 0. The van der Waals surface area contributed by atoms with E-state index in [1.54, 1.807) is 0 Å². The maximum atomic E-state index is 10.5. The number of halogens is 2. The average Bonchev–Trinajstić information content (AvgIpc) is 1.92. The molecular formula is C6H6Cl2O4S. The van der Waals surface area contributed by atoms with Gasteiger partial charge in [0.2, 0.25) is 0 Å². The van der Waals surface area contributed by atoms with Gasteiger partial charge in [0, 0.05) is 0 Å². The van der Waals surface area contributed by atoms with Gasteiger partial charge in [-0.15, -0.1) is 12.4 Å². The first-order chi connectivity index (χ1) is 5.43. The van der Waals surface area contributed by atoms with E-state index in [2.05, 4.69) is 0 Å². The molecule has 0 unspecified atom stereocenters. The predicted molar refractivity (Wildman–Crippen MR) is 50.2 cm³/mol. The Morgan fingerprint density at radius 3 is 2.23 bits per heavy atom. The summed E-state index contributed by atoms with van der Waals surface area (Å²) in [6.07, 6.45) is 0. The second-order valence-corrected chi connectivity index (χ2v) is 3.86. The van der Waals surface area contributed by atoms with E-state index in [1.165, 1.54) is 12.1 Å². The van der Waals surface area contributed by atoms with Crippen molar-refractivity contribution in [2.24, 2.45) is 0 Å². The van der Waals surface area contributed by atoms with Crippen molar-refractivity contribution in [1.29, 1.82) is 0 Å². The minimum Gasteiger partial charge on any atom is -0.505 e. The number of phenolic OH excluding ortho intramolecular Hbond substituents is 1. The molecule has 0 aliphatic rings. The lowest BCUT2D eigenvalue weighted by Gasteiger charge is -2.00. The van der Waals surface area contributed by atoms with Gasteiger partial charge in [0.05, 0.1) is 5.02 Å². The third-order valence-corrected chi connectivity index (χ3v) is 2.42. The van der Waals surface area contributed by atoms with E-state index in [0.717, 1.165) is 6.07 Å². The van der Waals surface area contributed by atoms with Crippen molar-refractivity contribution in [2.45, 2.75) is 4.90 Å². The van der Waals surface area contributed by atoms with Crippen LogP contribution in [0.1, 0.15) is 0 Å². The van der Waals surface area contributed by atoms with Gasteiger partial charge in [-0.05, 0) is 12.1 Å². The zero-order valence-corrected chi connectivity index (χ0v) is 8.53. The van der Waals surface area contributed by atoms with Gasteiger partial charge in [0.1, 0.15) is 4.90 Å². The zero-order valence-electron chi connectivity index (χ0n) is 6.14. The van der Waals surface area contributed by atoms with Crippen LogP contribution in [0.2, 0.25) is 5.02 Å². The van der Waals surface area contributed by atoms with Gasteiger partial charge < -0.3 is 5.11 Å². The summed E-state index contributed by atoms with van der Waals surface area (Å²) in [5.41, 5.74) is 0. The third kappa shape index (κ3) is 2.73. The molecule has 74 valence electrons. The number of hydrogen-bond donors (Lipinski definition) is 2. The van der Waals surface area contributed by atoms with Crippen molar-refractivity contribution in [1.82, 2.24) is 0 Å². The normalized spacial score (nSPS) is 10.6. The fourth-order valence-electron chi connectivity index (χ4n) is 0.704. The highest BCUT2D eigenvalue weighted by Crippen LogP contribution is 2.29. The van der Waals surface area contributed by atoms with Crippen LogP contribution in [-0.2, 0) is 10.1 Å². The van der Waals surface area contributed by atoms with E-state index < -0.39 is 20.8 Å². The maximum Gasteiger partial charge on any atom is 0.298 e. The van der Waals surface area contributed by atoms with E-state index >= 15 is 0 Å². The molecule has 1 aromatic rings. The smallest absolute Gasteiger partial charge is 0.298 e. The summed E-state index contributed by atoms with van der Waals surface area (Å²) in [5.74, 6) is -0.637. The zero-order chi connectivity index (χ0) is 9.35. The molecular weight excluding hydrogens is 239 g/mol. The fourth-order valence-corrected chi connectivity index (χ4v) is 1.54. The van der Waals surface area contributed by atoms with Crippen molar-refractivity contribution in [3.05, 3.63) is 23.2 Å². The Morgan fingerprint density at radius 1 is 1.31 bits per heavy atom. The van der Waals surface area contributed by atoms with Gasteiger partial charge in [0.25, 0.3) is 10.1 Å². The summed E-state index contributed by atoms with van der Waals surface area (Å²) >= 11 is 5.39. The molecule has 0 atom stereocenters. The van der Waals surface area contributed by atoms with Gasteiger partial charge in [0.15, 0.2) is 5.75 Å². The number of phenols is 1. The molecule has 0 saturated carbocycles. The first-order valence-electron chi connectivity index (χ1n) is 2.88. The van der Waals surface area contributed by atoms with Gasteiger partial charge in [-0.1, -0.05) is 17.7 Å². The van der Waals surface area contributed by atoms with E-state index in [1.807, 2.05) is 0 Å². The standard InChI is InChI=1S/C6H5ClO4S.ClH/c7-4-2-1-3-5(6(4)8)12(9,10)11;/h1-3,8H,(H,9,10,11);1H. The van der Waals surface area contributed by atoms with E-state index in [0.29, 0.717) is 0 Å². The number of para-hydroxylation sites is 1. The topological polar surface area (TPSA) is 74.6 Å². The Bertz CT molecular complexity index is 401. The quantitative estimate of drug-likeness (QED) is 0.738. The first-order valence-corrected chi connectivity index (χ1v) is 4.69. The monoisotopic (exact) mass is 244 g/mol. The van der Waals surface area contributed by atoms with Gasteiger partial charge >= 0.3 is 0 Å². The Balaban J connectivity index is 0.00000144. The SMILES string of the molecule is Cl.O=S(=O)(O)c1cccc(Cl)c1O. The highest BCUT2D eigenvalue weighted by molar-refractivity contribution is 7.86. The van der Waals surface area contributed by atoms with Crippen molar-refractivity contribution in [2.75, 3.05) is 0 Å². The third-order valence-electron chi connectivity index (χ3n) is 1.23. The summed E-state index contributed by atoms with van der Waals surface area (Å²) in [6, 6.07) is 3.67. The lowest BCUT2D eigenvalue weighted by Crippen LogP contribution is -1.98. The largest absolute Gasteiger partial charge is 0.505 e. The summed E-state index contributed by atoms with van der Waals surface area (Å²) in [4.78, 5) is -0.588. The molecule has 0 fully saturated rings. The maximum absolute atomic E-state index is 10.5. The molecule has 4 nitrogen and oxygen atoms in total. The Labute approximate surface area is 86.3 Å². The second kappa shape index (κ2) is 4.15. The fraction of sp³-hybridized carbons (Fsp3) is 0. The van der Waals surface area contributed by atoms with Crippen LogP contribution in [0.25, 0.3) is 0 Å². The molecule has 7 heteroatoms. The van der Waals surface area contributed by atoms with Crippen LogP contribution in [0, 0.1) is 0 Å². The molecule has 0 bridgehead atoms. The number of rotatable bonds is 1. The van der Waals surface area contributed by atoms with Crippen molar-refractivity contribution >= 4 is 34.1 Å². The molecule has 0 aromatic heterocycles. The Kier molecular flexibility index (Phi) is 3.99. The molecule has 1 aromatic carbocycles. The van der Waals surface area contributed by atoms with Crippen LogP contribution in [0.5, 0.6) is 5.75 Å². The molecule has 0 radical (unpaired) electrons. The van der Waals surface area contributed by atoms with Crippen molar-refractivity contribution < 1.29 is 18.1 Å². The number of aromatic hydroxyl groups is 1. The van der Waals surface area contributed by atoms with Crippen LogP contribution in [0.4, 0.5) is 0 Å². The first kappa shape index (κ1) is 12.5. The molecule has 2 N–H and O–H groups in total. The summed E-state index contributed by atoms with van der Waals surface area (Å²) in [7, 11) is -4.39. The van der Waals surface area contributed by atoms with E-state index in [4.69, 9.17) is 21.3 Å². The van der Waals surface area contributed by atoms with Crippen molar-refractivity contribution in [3.63, 3.8) is 0 Å². The highest BCUT2D eigenvalue weighted by Gasteiger charge is 2.16. The lowest BCUT2D eigenvalue weighted by molar-refractivity contribution is 0.443. The molecule has 0 aliphatic heterocycles. The molecule has 0 spiro atoms. The summed E-state index contributed by atoms with van der Waals surface area (Å²) < 4.78 is 29.6. The molecule has 0 aliphatic carbocycles. The van der Waals surface area contributed by atoms with Crippen LogP contribution >= 0.6 is 24.0 Å². The summed E-state index contributed by atoms with van der Waals surface area (Å²) in [5, 5.41) is 8.94. The average molecular weight is 245 g/mol. The van der Waals surface area contributed by atoms with Crippen LogP contribution in [0.15, 0.2) is 23.1 Å². The van der Waals surface area contributed by atoms with Gasteiger partial charge in [-0.25, -0.2) is 0 Å². The highest BCUT2D eigenvalue weighted by atomic mass is 35.5. The second-order valence-electron chi connectivity index (χ2n) is 2.06. The van der Waals surface area contributed by atoms with Gasteiger partial charge in [-0.2, -0.15) is 8.42 Å². The Morgan fingerprint density at radius 2 is 1.85 bits per heavy atom. The minimum absolute atomic E-state index is 0. The van der Waals surface area contributed by atoms with E-state index in [-0.39, 0.29) is 17.4 Å². The van der Waals surface area contributed by atoms with E-state index in [9.17, 15) is 8.42 Å². The van der Waals surface area contributed by atoms with Crippen LogP contribution in [-0.4, -0.2) is 18.1 Å². The molecule has 0 heterocycles. The predicted octanol–water partition coefficient (Wildman–Crippen LogP) is 1.71. The van der Waals surface area contributed by atoms with Crippen LogP contribution in [0.3, 0.4) is 0 Å². The lowest BCUT2D eigenvalue weighted by atomic mass is 10.3. The van der Waals surface area contributed by atoms with Crippen molar-refractivity contribution in [3.8, 4) is 5.75 Å². The molecule has 0 saturated heterocycles. The Hall–Kier alpha value is -0.490. The number of benzene rings is 1. The molecule has 1 rings (SSSR count). The van der Waals surface area contributed by atoms with Gasteiger partial charge in [-0.3, -0.25) is 4.55 Å². The molecule has 13 heavy (non-hydrogen) atoms.